The molecule has 1 heterocycles. The van der Waals surface area contributed by atoms with Gasteiger partial charge < -0.3 is 9.64 Å². The molecule has 0 aliphatic rings. The number of halogens is 5. The van der Waals surface area contributed by atoms with Gasteiger partial charge in [0.15, 0.2) is 0 Å². The van der Waals surface area contributed by atoms with Crippen molar-refractivity contribution in [1.29, 1.82) is 0 Å². The molecule has 0 bridgehead atoms. The maximum absolute atomic E-state index is 13.6. The molecule has 1 aromatic carbocycles. The summed E-state index contributed by atoms with van der Waals surface area (Å²) in [6.07, 6.45) is -4.91. The summed E-state index contributed by atoms with van der Waals surface area (Å²) < 4.78 is 72.5. The third-order valence-corrected chi connectivity index (χ3v) is 3.92. The molecule has 4 nitrogen and oxygen atoms in total. The summed E-state index contributed by atoms with van der Waals surface area (Å²) in [5.74, 6) is -3.38. The van der Waals surface area contributed by atoms with Crippen LogP contribution in [0.25, 0.3) is 11.3 Å². The van der Waals surface area contributed by atoms with Crippen LogP contribution >= 0.6 is 0 Å². The van der Waals surface area contributed by atoms with Crippen molar-refractivity contribution >= 4 is 11.8 Å². The zero-order chi connectivity index (χ0) is 20.4. The standard InChI is InChI=1S/C18H17F5N2O2/c1-4-25(5-2)16-15(17(26)27-3)13(18(21,22)23)9-14(24-16)10-6-11(19)8-12(20)7-10/h6-9H,4-5H2,1-3H3. The highest BCUT2D eigenvalue weighted by Crippen LogP contribution is 2.38. The van der Waals surface area contributed by atoms with E-state index < -0.39 is 34.9 Å². The molecule has 0 saturated heterocycles. The first-order valence-corrected chi connectivity index (χ1v) is 8.04. The first-order valence-electron chi connectivity index (χ1n) is 8.04. The van der Waals surface area contributed by atoms with Gasteiger partial charge in [-0.15, -0.1) is 0 Å². The molecule has 1 aromatic heterocycles. The Balaban J connectivity index is 2.88. The molecule has 0 saturated carbocycles. The van der Waals surface area contributed by atoms with Gasteiger partial charge in [-0.05, 0) is 32.0 Å². The lowest BCUT2D eigenvalue weighted by Gasteiger charge is -2.25. The van der Waals surface area contributed by atoms with E-state index in [4.69, 9.17) is 0 Å². The van der Waals surface area contributed by atoms with Crippen LogP contribution in [0.2, 0.25) is 0 Å². The number of pyridine rings is 1. The first-order chi connectivity index (χ1) is 12.6. The molecule has 2 aromatic rings. The number of esters is 1. The van der Waals surface area contributed by atoms with Crippen LogP contribution in [-0.4, -0.2) is 31.2 Å². The normalized spacial score (nSPS) is 11.4. The Hall–Kier alpha value is -2.71. The van der Waals surface area contributed by atoms with Crippen LogP contribution in [0.15, 0.2) is 24.3 Å². The Morgan fingerprint density at radius 2 is 1.63 bits per heavy atom. The smallest absolute Gasteiger partial charge is 0.417 e. The topological polar surface area (TPSA) is 42.4 Å². The molecule has 0 amide bonds. The minimum atomic E-state index is -4.91. The molecular weight excluding hydrogens is 371 g/mol. The van der Waals surface area contributed by atoms with Crippen LogP contribution in [0.5, 0.6) is 0 Å². The van der Waals surface area contributed by atoms with Gasteiger partial charge in [-0.3, -0.25) is 0 Å². The number of nitrogens with zero attached hydrogens (tertiary/aromatic N) is 2. The average molecular weight is 388 g/mol. The summed E-state index contributed by atoms with van der Waals surface area (Å²) in [5.41, 5.74) is -2.52. The lowest BCUT2D eigenvalue weighted by molar-refractivity contribution is -0.138. The zero-order valence-corrected chi connectivity index (χ0v) is 14.8. The molecular formula is C18H17F5N2O2. The predicted octanol–water partition coefficient (Wildman–Crippen LogP) is 4.68. The zero-order valence-electron chi connectivity index (χ0n) is 14.8. The molecule has 146 valence electrons. The van der Waals surface area contributed by atoms with Gasteiger partial charge in [0.2, 0.25) is 0 Å². The van der Waals surface area contributed by atoms with Gasteiger partial charge in [-0.2, -0.15) is 13.2 Å². The number of carbonyl (C=O) groups excluding carboxylic acids is 1. The van der Waals surface area contributed by atoms with E-state index in [0.29, 0.717) is 12.1 Å². The average Bonchev–Trinajstić information content (AvgIpc) is 2.59. The third kappa shape index (κ3) is 4.35. The van der Waals surface area contributed by atoms with Crippen molar-refractivity contribution < 1.29 is 31.5 Å². The van der Waals surface area contributed by atoms with Gasteiger partial charge in [0.25, 0.3) is 0 Å². The summed E-state index contributed by atoms with van der Waals surface area (Å²) in [5, 5.41) is 0. The Labute approximate surface area is 152 Å². The van der Waals surface area contributed by atoms with Crippen LogP contribution in [-0.2, 0) is 10.9 Å². The molecule has 2 rings (SSSR count). The summed E-state index contributed by atoms with van der Waals surface area (Å²) in [6.45, 7) is 3.86. The van der Waals surface area contributed by atoms with Crippen LogP contribution in [0, 0.1) is 11.6 Å². The lowest BCUT2D eigenvalue weighted by Crippen LogP contribution is -2.28. The second-order valence-electron chi connectivity index (χ2n) is 5.57. The van der Waals surface area contributed by atoms with Crippen LogP contribution in [0.3, 0.4) is 0 Å². The number of alkyl halides is 3. The number of benzene rings is 1. The minimum absolute atomic E-state index is 0.178. The number of anilines is 1. The quantitative estimate of drug-likeness (QED) is 0.551. The highest BCUT2D eigenvalue weighted by Gasteiger charge is 2.39. The van der Waals surface area contributed by atoms with Crippen molar-refractivity contribution in [2.45, 2.75) is 20.0 Å². The maximum Gasteiger partial charge on any atom is 0.417 e. The van der Waals surface area contributed by atoms with Gasteiger partial charge in [-0.25, -0.2) is 18.6 Å². The van der Waals surface area contributed by atoms with Crippen molar-refractivity contribution in [1.82, 2.24) is 4.98 Å². The van der Waals surface area contributed by atoms with E-state index in [1.165, 1.54) is 4.90 Å². The fourth-order valence-corrected chi connectivity index (χ4v) is 2.66. The lowest BCUT2D eigenvalue weighted by atomic mass is 10.0. The van der Waals surface area contributed by atoms with Crippen molar-refractivity contribution in [3.63, 3.8) is 0 Å². The number of aromatic nitrogens is 1. The van der Waals surface area contributed by atoms with E-state index >= 15 is 0 Å². The number of ether oxygens (including phenoxy) is 1. The number of carbonyl (C=O) groups is 1. The van der Waals surface area contributed by atoms with Crippen molar-refractivity contribution in [3.8, 4) is 11.3 Å². The summed E-state index contributed by atoms with van der Waals surface area (Å²) in [4.78, 5) is 17.6. The van der Waals surface area contributed by atoms with Gasteiger partial charge in [0.1, 0.15) is 23.0 Å². The van der Waals surface area contributed by atoms with E-state index in [1.807, 2.05) is 0 Å². The Morgan fingerprint density at radius 3 is 2.07 bits per heavy atom. The largest absolute Gasteiger partial charge is 0.465 e. The molecule has 0 atom stereocenters. The van der Waals surface area contributed by atoms with Gasteiger partial charge in [0.05, 0.1) is 18.4 Å². The van der Waals surface area contributed by atoms with Gasteiger partial charge in [-0.1, -0.05) is 0 Å². The van der Waals surface area contributed by atoms with Crippen molar-refractivity contribution in [2.75, 3.05) is 25.1 Å². The van der Waals surface area contributed by atoms with Crippen LogP contribution in [0.1, 0.15) is 29.8 Å². The molecule has 27 heavy (non-hydrogen) atoms. The Morgan fingerprint density at radius 1 is 1.07 bits per heavy atom. The SMILES string of the molecule is CCN(CC)c1nc(-c2cc(F)cc(F)c2)cc(C(F)(F)F)c1C(=O)OC. The summed E-state index contributed by atoms with van der Waals surface area (Å²) >= 11 is 0. The monoisotopic (exact) mass is 388 g/mol. The Kier molecular flexibility index (Phi) is 6.02. The number of hydrogen-bond acceptors (Lipinski definition) is 4. The summed E-state index contributed by atoms with van der Waals surface area (Å²) in [6, 6.07) is 2.93. The molecule has 0 spiro atoms. The molecule has 0 radical (unpaired) electrons. The van der Waals surface area contributed by atoms with Crippen molar-refractivity contribution in [2.24, 2.45) is 0 Å². The van der Waals surface area contributed by atoms with Crippen LogP contribution in [0.4, 0.5) is 27.8 Å². The minimum Gasteiger partial charge on any atom is -0.465 e. The molecule has 9 heteroatoms. The fourth-order valence-electron chi connectivity index (χ4n) is 2.66. The van der Waals surface area contributed by atoms with E-state index in [9.17, 15) is 26.7 Å². The molecule has 0 unspecified atom stereocenters. The van der Waals surface area contributed by atoms with Gasteiger partial charge >= 0.3 is 12.1 Å². The van der Waals surface area contributed by atoms with E-state index in [2.05, 4.69) is 9.72 Å². The second-order valence-corrected chi connectivity index (χ2v) is 5.57. The number of hydrogen-bond donors (Lipinski definition) is 0. The van der Waals surface area contributed by atoms with E-state index in [-0.39, 0.29) is 30.2 Å². The highest BCUT2D eigenvalue weighted by molar-refractivity contribution is 5.97. The highest BCUT2D eigenvalue weighted by atomic mass is 19.4. The molecule has 0 aliphatic carbocycles. The fraction of sp³-hybridized carbons (Fsp3) is 0.333. The second kappa shape index (κ2) is 7.89. The number of rotatable bonds is 5. The first kappa shape index (κ1) is 20.6. The van der Waals surface area contributed by atoms with Crippen molar-refractivity contribution in [3.05, 3.63) is 47.0 Å². The van der Waals surface area contributed by atoms with Crippen LogP contribution < -0.4 is 4.90 Å². The maximum atomic E-state index is 13.6. The van der Waals surface area contributed by atoms with Gasteiger partial charge in [0, 0.05) is 24.7 Å². The molecule has 0 fully saturated rings. The van der Waals surface area contributed by atoms with E-state index in [1.54, 1.807) is 13.8 Å². The third-order valence-electron chi connectivity index (χ3n) is 3.92. The summed E-state index contributed by atoms with van der Waals surface area (Å²) in [7, 11) is 0.963. The predicted molar refractivity (Wildman–Crippen MR) is 89.5 cm³/mol. The molecule has 0 N–H and O–H groups in total. The van der Waals surface area contributed by atoms with E-state index in [0.717, 1.165) is 19.2 Å². The molecule has 0 aliphatic heterocycles. The number of methoxy groups -OCH3 is 1. The Bertz CT molecular complexity index is 828.